The van der Waals surface area contributed by atoms with Gasteiger partial charge >= 0.3 is 5.69 Å². The van der Waals surface area contributed by atoms with Gasteiger partial charge in [-0.15, -0.1) is 5.10 Å². The molecule has 0 radical (unpaired) electrons. The van der Waals surface area contributed by atoms with Crippen molar-refractivity contribution in [3.05, 3.63) is 10.5 Å². The maximum atomic E-state index is 10.9. The molecule has 1 rings (SSSR count). The Bertz CT molecular complexity index is 375. The van der Waals surface area contributed by atoms with Crippen molar-refractivity contribution in [2.45, 2.75) is 23.8 Å². The smallest absolute Gasteiger partial charge is 0.273 e. The van der Waals surface area contributed by atoms with Gasteiger partial charge < -0.3 is 0 Å². The van der Waals surface area contributed by atoms with Crippen LogP contribution in [0.4, 0.5) is 0 Å². The Kier molecular flexibility index (Phi) is 3.14. The second-order valence-electron chi connectivity index (χ2n) is 2.66. The predicted molar refractivity (Wildman–Crippen MR) is 49.4 cm³/mol. The minimum Gasteiger partial charge on any atom is -0.273 e. The summed E-state index contributed by atoms with van der Waals surface area (Å²) in [6, 6.07) is 2.07. The minimum atomic E-state index is -0.230. The van der Waals surface area contributed by atoms with Crippen molar-refractivity contribution in [3.63, 3.8) is 0 Å². The Balaban J connectivity index is 2.70. The lowest BCUT2D eigenvalue weighted by Crippen LogP contribution is -2.13. The summed E-state index contributed by atoms with van der Waals surface area (Å²) in [4.78, 5) is 10.9. The van der Waals surface area contributed by atoms with E-state index < -0.39 is 0 Å². The van der Waals surface area contributed by atoms with Crippen LogP contribution in [0.15, 0.2) is 9.95 Å². The summed E-state index contributed by atoms with van der Waals surface area (Å²) in [7, 11) is 1.65. The molecule has 0 fully saturated rings. The van der Waals surface area contributed by atoms with Crippen LogP contribution >= 0.6 is 11.8 Å². The highest BCUT2D eigenvalue weighted by Crippen LogP contribution is 2.20. The number of H-pyrrole nitrogens is 1. The highest BCUT2D eigenvalue weighted by Gasteiger charge is 2.09. The molecule has 0 aliphatic heterocycles. The third-order valence-electron chi connectivity index (χ3n) is 1.52. The SMILES string of the molecule is CC(CC#N)Sc1n[nH]c(=O)n1C. The lowest BCUT2D eigenvalue weighted by molar-refractivity contribution is 0.761. The van der Waals surface area contributed by atoms with Crippen molar-refractivity contribution in [3.8, 4) is 6.07 Å². The van der Waals surface area contributed by atoms with E-state index in [9.17, 15) is 4.79 Å². The highest BCUT2D eigenvalue weighted by molar-refractivity contribution is 7.99. The van der Waals surface area contributed by atoms with Crippen molar-refractivity contribution in [2.24, 2.45) is 7.05 Å². The Morgan fingerprint density at radius 2 is 2.54 bits per heavy atom. The maximum absolute atomic E-state index is 10.9. The van der Waals surface area contributed by atoms with Gasteiger partial charge in [-0.3, -0.25) is 4.57 Å². The summed E-state index contributed by atoms with van der Waals surface area (Å²) < 4.78 is 1.43. The minimum absolute atomic E-state index is 0.152. The fourth-order valence-electron chi connectivity index (χ4n) is 0.788. The van der Waals surface area contributed by atoms with E-state index in [1.165, 1.54) is 16.3 Å². The van der Waals surface area contributed by atoms with Crippen molar-refractivity contribution >= 4 is 11.8 Å². The van der Waals surface area contributed by atoms with Crippen LogP contribution in [0.1, 0.15) is 13.3 Å². The Hall–Kier alpha value is -1.22. The van der Waals surface area contributed by atoms with E-state index in [1.54, 1.807) is 7.05 Å². The molecule has 0 saturated carbocycles. The molecule has 1 unspecified atom stereocenters. The highest BCUT2D eigenvalue weighted by atomic mass is 32.2. The average Bonchev–Trinajstić information content (AvgIpc) is 2.37. The molecule has 0 aromatic carbocycles. The summed E-state index contributed by atoms with van der Waals surface area (Å²) in [5, 5.41) is 15.4. The molecular formula is C7H10N4OS. The molecule has 1 atom stereocenters. The van der Waals surface area contributed by atoms with Gasteiger partial charge in [0.25, 0.3) is 0 Å². The van der Waals surface area contributed by atoms with E-state index in [0.717, 1.165) is 0 Å². The molecule has 0 aliphatic rings. The molecule has 5 nitrogen and oxygen atoms in total. The number of aromatic nitrogens is 3. The number of hydrogen-bond donors (Lipinski definition) is 1. The summed E-state index contributed by atoms with van der Waals surface area (Å²) in [6.45, 7) is 1.92. The van der Waals surface area contributed by atoms with Crippen LogP contribution in [0.5, 0.6) is 0 Å². The first-order valence-corrected chi connectivity index (χ1v) is 4.68. The third kappa shape index (κ3) is 2.36. The second-order valence-corrected chi connectivity index (χ2v) is 4.07. The standard InChI is InChI=1S/C7H10N4OS/c1-5(3-4-8)13-7-10-9-6(12)11(7)2/h5H,3H2,1-2H3,(H,9,12). The zero-order valence-electron chi connectivity index (χ0n) is 7.44. The molecule has 0 saturated heterocycles. The number of nitrogens with one attached hydrogen (secondary N) is 1. The molecule has 0 amide bonds. The molecule has 1 heterocycles. The quantitative estimate of drug-likeness (QED) is 0.718. The van der Waals surface area contributed by atoms with Gasteiger partial charge in [-0.05, 0) is 0 Å². The lowest BCUT2D eigenvalue weighted by atomic mass is 10.4. The number of aromatic amines is 1. The molecule has 0 spiro atoms. The predicted octanol–water partition coefficient (Wildman–Crippen LogP) is 0.503. The van der Waals surface area contributed by atoms with E-state index >= 15 is 0 Å². The molecule has 70 valence electrons. The van der Waals surface area contributed by atoms with Crippen molar-refractivity contribution in [2.75, 3.05) is 0 Å². The largest absolute Gasteiger partial charge is 0.343 e. The van der Waals surface area contributed by atoms with Crippen molar-refractivity contribution in [1.82, 2.24) is 14.8 Å². The van der Waals surface area contributed by atoms with E-state index in [-0.39, 0.29) is 10.9 Å². The van der Waals surface area contributed by atoms with Crippen LogP contribution in [-0.2, 0) is 7.05 Å². The number of thioether (sulfide) groups is 1. The third-order valence-corrected chi connectivity index (χ3v) is 2.67. The average molecular weight is 198 g/mol. The molecule has 0 bridgehead atoms. The number of rotatable bonds is 3. The Morgan fingerprint density at radius 3 is 3.00 bits per heavy atom. The van der Waals surface area contributed by atoms with E-state index in [4.69, 9.17) is 5.26 Å². The summed E-state index contributed by atoms with van der Waals surface area (Å²) >= 11 is 1.41. The maximum Gasteiger partial charge on any atom is 0.343 e. The molecule has 1 aromatic rings. The van der Waals surface area contributed by atoms with Crippen LogP contribution < -0.4 is 5.69 Å². The second kappa shape index (κ2) is 4.14. The topological polar surface area (TPSA) is 74.5 Å². The van der Waals surface area contributed by atoms with Gasteiger partial charge in [-0.1, -0.05) is 18.7 Å². The molecule has 13 heavy (non-hydrogen) atoms. The molecule has 1 N–H and O–H groups in total. The van der Waals surface area contributed by atoms with E-state index in [1.807, 2.05) is 6.92 Å². The van der Waals surface area contributed by atoms with Gasteiger partial charge in [0.15, 0.2) is 5.16 Å². The van der Waals surface area contributed by atoms with Crippen LogP contribution in [0.25, 0.3) is 0 Å². The monoisotopic (exact) mass is 198 g/mol. The zero-order chi connectivity index (χ0) is 9.84. The summed E-state index contributed by atoms with van der Waals surface area (Å²) in [5.41, 5.74) is -0.230. The number of nitrogens with zero attached hydrogens (tertiary/aromatic N) is 3. The lowest BCUT2D eigenvalue weighted by Gasteiger charge is -2.03. The van der Waals surface area contributed by atoms with Gasteiger partial charge in [0.1, 0.15) is 0 Å². The first kappa shape index (κ1) is 9.86. The first-order chi connectivity index (χ1) is 6.15. The molecule has 6 heteroatoms. The van der Waals surface area contributed by atoms with Crippen LogP contribution in [0.2, 0.25) is 0 Å². The van der Waals surface area contributed by atoms with Gasteiger partial charge in [0, 0.05) is 18.7 Å². The molecule has 0 aliphatic carbocycles. The molecular weight excluding hydrogens is 188 g/mol. The van der Waals surface area contributed by atoms with Crippen LogP contribution in [0.3, 0.4) is 0 Å². The molecule has 1 aromatic heterocycles. The van der Waals surface area contributed by atoms with Crippen molar-refractivity contribution < 1.29 is 0 Å². The number of nitriles is 1. The van der Waals surface area contributed by atoms with Gasteiger partial charge in [-0.2, -0.15) is 5.26 Å². The van der Waals surface area contributed by atoms with Gasteiger partial charge in [0.05, 0.1) is 6.07 Å². The first-order valence-electron chi connectivity index (χ1n) is 3.80. The normalized spacial score (nSPS) is 12.4. The van der Waals surface area contributed by atoms with Gasteiger partial charge in [0.2, 0.25) is 0 Å². The number of hydrogen-bond acceptors (Lipinski definition) is 4. The fourth-order valence-corrected chi connectivity index (χ4v) is 1.65. The van der Waals surface area contributed by atoms with E-state index in [0.29, 0.717) is 11.6 Å². The van der Waals surface area contributed by atoms with Gasteiger partial charge in [-0.25, -0.2) is 9.89 Å². The Morgan fingerprint density at radius 1 is 1.85 bits per heavy atom. The fraction of sp³-hybridized carbons (Fsp3) is 0.571. The Labute approximate surface area is 79.8 Å². The summed E-state index contributed by atoms with van der Waals surface area (Å²) in [6.07, 6.45) is 0.450. The summed E-state index contributed by atoms with van der Waals surface area (Å²) in [5.74, 6) is 0. The van der Waals surface area contributed by atoms with Crippen molar-refractivity contribution in [1.29, 1.82) is 5.26 Å². The van der Waals surface area contributed by atoms with E-state index in [2.05, 4.69) is 16.3 Å². The van der Waals surface area contributed by atoms with Crippen LogP contribution in [-0.4, -0.2) is 20.0 Å². The van der Waals surface area contributed by atoms with Crippen LogP contribution in [0, 0.1) is 11.3 Å². The zero-order valence-corrected chi connectivity index (χ0v) is 8.26.